The summed E-state index contributed by atoms with van der Waals surface area (Å²) >= 11 is 0. The van der Waals surface area contributed by atoms with Gasteiger partial charge in [0.1, 0.15) is 5.75 Å². The number of ether oxygens (including phenoxy) is 1. The topological polar surface area (TPSA) is 29.5 Å². The zero-order valence-corrected chi connectivity index (χ0v) is 12.6. The number of likely N-dealkylation sites (tertiary alicyclic amines) is 1. The van der Waals surface area contributed by atoms with Gasteiger partial charge in [0.15, 0.2) is 5.78 Å². The van der Waals surface area contributed by atoms with E-state index in [-0.39, 0.29) is 11.7 Å². The molecular formula is C17H25NO2. The molecule has 1 aliphatic rings. The molecule has 0 bridgehead atoms. The molecule has 0 aromatic heterocycles. The van der Waals surface area contributed by atoms with Crippen LogP contribution in [0.1, 0.15) is 43.5 Å². The maximum absolute atomic E-state index is 12.4. The highest BCUT2D eigenvalue weighted by Crippen LogP contribution is 2.17. The van der Waals surface area contributed by atoms with E-state index in [4.69, 9.17) is 4.74 Å². The third-order valence-corrected chi connectivity index (χ3v) is 3.88. The van der Waals surface area contributed by atoms with Crippen LogP contribution in [0, 0.1) is 5.92 Å². The van der Waals surface area contributed by atoms with Crippen molar-refractivity contribution in [2.75, 3.05) is 26.2 Å². The number of Topliss-reactive ketones (excluding diaryl/α,β-unsaturated/α-hetero) is 1. The largest absolute Gasteiger partial charge is 0.494 e. The Labute approximate surface area is 121 Å². The molecule has 0 amide bonds. The van der Waals surface area contributed by atoms with Gasteiger partial charge in [0.2, 0.25) is 0 Å². The van der Waals surface area contributed by atoms with E-state index in [0.29, 0.717) is 6.61 Å². The van der Waals surface area contributed by atoms with Crippen molar-refractivity contribution in [3.05, 3.63) is 29.8 Å². The molecule has 110 valence electrons. The van der Waals surface area contributed by atoms with Crippen LogP contribution in [0.5, 0.6) is 5.75 Å². The van der Waals surface area contributed by atoms with E-state index < -0.39 is 0 Å². The lowest BCUT2D eigenvalue weighted by Crippen LogP contribution is -2.35. The number of ketones is 1. The maximum Gasteiger partial charge on any atom is 0.166 e. The van der Waals surface area contributed by atoms with Crippen molar-refractivity contribution in [1.82, 2.24) is 4.90 Å². The molecule has 1 aromatic carbocycles. The zero-order chi connectivity index (χ0) is 14.4. The second-order valence-corrected chi connectivity index (χ2v) is 5.58. The second kappa shape index (κ2) is 7.44. The highest BCUT2D eigenvalue weighted by atomic mass is 16.5. The molecule has 1 saturated heterocycles. The number of hydrogen-bond acceptors (Lipinski definition) is 3. The highest BCUT2D eigenvalue weighted by molar-refractivity contribution is 5.97. The molecule has 1 unspecified atom stereocenters. The fourth-order valence-electron chi connectivity index (χ4n) is 2.78. The molecule has 20 heavy (non-hydrogen) atoms. The molecule has 0 radical (unpaired) electrons. The molecule has 1 fully saturated rings. The number of carbonyl (C=O) groups is 1. The van der Waals surface area contributed by atoms with Crippen LogP contribution in [0.2, 0.25) is 0 Å². The van der Waals surface area contributed by atoms with Crippen molar-refractivity contribution in [3.8, 4) is 5.75 Å². The lowest BCUT2D eigenvalue weighted by atomic mass is 9.98. The molecule has 0 aliphatic carbocycles. The van der Waals surface area contributed by atoms with Gasteiger partial charge in [-0.1, -0.05) is 13.3 Å². The van der Waals surface area contributed by atoms with Crippen LogP contribution in [0.25, 0.3) is 0 Å². The smallest absolute Gasteiger partial charge is 0.166 e. The van der Waals surface area contributed by atoms with E-state index in [1.54, 1.807) is 0 Å². The van der Waals surface area contributed by atoms with Crippen molar-refractivity contribution in [2.24, 2.45) is 5.92 Å². The van der Waals surface area contributed by atoms with Crippen molar-refractivity contribution in [1.29, 1.82) is 0 Å². The van der Waals surface area contributed by atoms with E-state index in [2.05, 4.69) is 4.90 Å². The molecule has 1 aromatic rings. The van der Waals surface area contributed by atoms with Crippen LogP contribution >= 0.6 is 0 Å². The van der Waals surface area contributed by atoms with Crippen LogP contribution in [0.3, 0.4) is 0 Å². The summed E-state index contributed by atoms with van der Waals surface area (Å²) in [4.78, 5) is 14.8. The van der Waals surface area contributed by atoms with Gasteiger partial charge in [-0.05, 0) is 57.1 Å². The Balaban J connectivity index is 1.91. The molecule has 3 nitrogen and oxygen atoms in total. The summed E-state index contributed by atoms with van der Waals surface area (Å²) in [6.45, 7) is 7.81. The summed E-state index contributed by atoms with van der Waals surface area (Å²) < 4.78 is 5.40. The Morgan fingerprint density at radius 3 is 2.45 bits per heavy atom. The molecule has 1 heterocycles. The van der Waals surface area contributed by atoms with E-state index in [1.807, 2.05) is 38.1 Å². The zero-order valence-electron chi connectivity index (χ0n) is 12.6. The Hall–Kier alpha value is -1.35. The van der Waals surface area contributed by atoms with Gasteiger partial charge in [0.05, 0.1) is 6.61 Å². The van der Waals surface area contributed by atoms with Gasteiger partial charge in [0, 0.05) is 18.0 Å². The van der Waals surface area contributed by atoms with E-state index in [0.717, 1.165) is 30.9 Å². The Bertz CT molecular complexity index is 421. The summed E-state index contributed by atoms with van der Waals surface area (Å²) in [5, 5.41) is 0. The minimum Gasteiger partial charge on any atom is -0.494 e. The predicted molar refractivity (Wildman–Crippen MR) is 81.4 cm³/mol. The molecule has 1 atom stereocenters. The van der Waals surface area contributed by atoms with Gasteiger partial charge in [-0.25, -0.2) is 0 Å². The first kappa shape index (κ1) is 15.0. The highest BCUT2D eigenvalue weighted by Gasteiger charge is 2.19. The Morgan fingerprint density at radius 1 is 1.20 bits per heavy atom. The lowest BCUT2D eigenvalue weighted by Gasteiger charge is -2.28. The summed E-state index contributed by atoms with van der Waals surface area (Å²) in [7, 11) is 0. The molecule has 0 N–H and O–H groups in total. The lowest BCUT2D eigenvalue weighted by molar-refractivity contribution is 0.0883. The summed E-state index contributed by atoms with van der Waals surface area (Å²) in [5.74, 6) is 1.12. The molecule has 0 saturated carbocycles. The number of benzene rings is 1. The van der Waals surface area contributed by atoms with Gasteiger partial charge in [-0.2, -0.15) is 0 Å². The van der Waals surface area contributed by atoms with Gasteiger partial charge < -0.3 is 9.64 Å². The summed E-state index contributed by atoms with van der Waals surface area (Å²) in [6, 6.07) is 7.51. The average molecular weight is 275 g/mol. The third-order valence-electron chi connectivity index (χ3n) is 3.88. The van der Waals surface area contributed by atoms with Crippen LogP contribution in [-0.2, 0) is 0 Å². The van der Waals surface area contributed by atoms with Crippen LogP contribution in [0.15, 0.2) is 24.3 Å². The minimum atomic E-state index is 0.0612. The molecule has 2 rings (SSSR count). The second-order valence-electron chi connectivity index (χ2n) is 5.58. The molecule has 3 heteroatoms. The van der Waals surface area contributed by atoms with Crippen LogP contribution < -0.4 is 4.74 Å². The number of rotatable bonds is 6. The first-order valence-corrected chi connectivity index (χ1v) is 7.70. The number of hydrogen-bond donors (Lipinski definition) is 0. The standard InChI is InChI=1S/C17H25NO2/c1-3-20-16-9-7-15(8-10-16)17(19)14(2)13-18-11-5-4-6-12-18/h7-10,14H,3-6,11-13H2,1-2H3. The maximum atomic E-state index is 12.4. The van der Waals surface area contributed by atoms with Crippen molar-refractivity contribution in [2.45, 2.75) is 33.1 Å². The number of carbonyl (C=O) groups excluding carboxylic acids is 1. The fraction of sp³-hybridized carbons (Fsp3) is 0.588. The van der Waals surface area contributed by atoms with E-state index in [9.17, 15) is 4.79 Å². The van der Waals surface area contributed by atoms with Crippen molar-refractivity contribution >= 4 is 5.78 Å². The summed E-state index contributed by atoms with van der Waals surface area (Å²) in [5.41, 5.74) is 0.790. The third kappa shape index (κ3) is 4.07. The average Bonchev–Trinajstić information content (AvgIpc) is 2.48. The van der Waals surface area contributed by atoms with Gasteiger partial charge in [-0.3, -0.25) is 4.79 Å². The SMILES string of the molecule is CCOc1ccc(C(=O)C(C)CN2CCCCC2)cc1. The van der Waals surface area contributed by atoms with Crippen LogP contribution in [-0.4, -0.2) is 36.9 Å². The number of nitrogens with zero attached hydrogens (tertiary/aromatic N) is 1. The quantitative estimate of drug-likeness (QED) is 0.745. The molecule has 1 aliphatic heterocycles. The van der Waals surface area contributed by atoms with E-state index >= 15 is 0 Å². The monoisotopic (exact) mass is 275 g/mol. The van der Waals surface area contributed by atoms with Gasteiger partial charge in [0.25, 0.3) is 0 Å². The molecule has 0 spiro atoms. The Kier molecular flexibility index (Phi) is 5.60. The molecular weight excluding hydrogens is 250 g/mol. The van der Waals surface area contributed by atoms with Crippen molar-refractivity contribution in [3.63, 3.8) is 0 Å². The Morgan fingerprint density at radius 2 is 1.85 bits per heavy atom. The first-order valence-electron chi connectivity index (χ1n) is 7.70. The van der Waals surface area contributed by atoms with Gasteiger partial charge >= 0.3 is 0 Å². The fourth-order valence-corrected chi connectivity index (χ4v) is 2.78. The normalized spacial score (nSPS) is 17.7. The predicted octanol–water partition coefficient (Wildman–Crippen LogP) is 3.39. The van der Waals surface area contributed by atoms with Crippen LogP contribution in [0.4, 0.5) is 0 Å². The first-order chi connectivity index (χ1) is 9.70. The number of piperidine rings is 1. The van der Waals surface area contributed by atoms with Crippen molar-refractivity contribution < 1.29 is 9.53 Å². The minimum absolute atomic E-state index is 0.0612. The van der Waals surface area contributed by atoms with E-state index in [1.165, 1.54) is 19.3 Å². The van der Waals surface area contributed by atoms with Gasteiger partial charge in [-0.15, -0.1) is 0 Å². The summed E-state index contributed by atoms with van der Waals surface area (Å²) in [6.07, 6.45) is 3.87.